The van der Waals surface area contributed by atoms with Gasteiger partial charge in [0.2, 0.25) is 6.79 Å². The molecule has 0 unspecified atom stereocenters. The molecule has 0 atom stereocenters. The molecule has 1 N–H and O–H groups in total. The summed E-state index contributed by atoms with van der Waals surface area (Å²) in [5.41, 5.74) is 5.47. The lowest BCUT2D eigenvalue weighted by molar-refractivity contribution is 0.0954. The molecule has 0 radical (unpaired) electrons. The summed E-state index contributed by atoms with van der Waals surface area (Å²) < 4.78 is 10.6. The maximum absolute atomic E-state index is 11.9. The van der Waals surface area contributed by atoms with Crippen molar-refractivity contribution in [1.29, 1.82) is 0 Å². The van der Waals surface area contributed by atoms with E-state index in [4.69, 9.17) is 9.47 Å². The first-order chi connectivity index (χ1) is 11.6. The summed E-state index contributed by atoms with van der Waals surface area (Å²) in [5, 5.41) is 4.06. The summed E-state index contributed by atoms with van der Waals surface area (Å²) in [6.45, 7) is 3.92. The number of allylic oxidation sites excluding steroid dienone is 1. The predicted molar refractivity (Wildman–Crippen MR) is 91.1 cm³/mol. The highest BCUT2D eigenvalue weighted by Gasteiger charge is 2.12. The minimum Gasteiger partial charge on any atom is -0.454 e. The predicted octanol–water partition coefficient (Wildman–Crippen LogP) is 2.94. The molecule has 1 amide bonds. The van der Waals surface area contributed by atoms with Crippen LogP contribution in [0.25, 0.3) is 6.08 Å². The quantitative estimate of drug-likeness (QED) is 0.693. The van der Waals surface area contributed by atoms with Gasteiger partial charge in [0, 0.05) is 11.9 Å². The molecule has 3 rings (SSSR count). The molecule has 2 heterocycles. The van der Waals surface area contributed by atoms with Crippen LogP contribution in [0, 0.1) is 6.92 Å². The van der Waals surface area contributed by atoms with Gasteiger partial charge >= 0.3 is 0 Å². The highest BCUT2D eigenvalue weighted by molar-refractivity contribution is 5.99. The van der Waals surface area contributed by atoms with Crippen LogP contribution in [0.4, 0.5) is 0 Å². The summed E-state index contributed by atoms with van der Waals surface area (Å²) in [7, 11) is 0. The van der Waals surface area contributed by atoms with Crippen molar-refractivity contribution in [3.63, 3.8) is 0 Å². The van der Waals surface area contributed by atoms with Gasteiger partial charge in [-0.2, -0.15) is 5.10 Å². The lowest BCUT2D eigenvalue weighted by atomic mass is 10.2. The van der Waals surface area contributed by atoms with Crippen molar-refractivity contribution in [2.45, 2.75) is 13.8 Å². The molecule has 24 heavy (non-hydrogen) atoms. The van der Waals surface area contributed by atoms with E-state index in [2.05, 4.69) is 15.5 Å². The molecule has 122 valence electrons. The number of benzene rings is 1. The van der Waals surface area contributed by atoms with Crippen molar-refractivity contribution in [2.24, 2.45) is 5.10 Å². The third-order valence-electron chi connectivity index (χ3n) is 3.42. The average Bonchev–Trinajstić information content (AvgIpc) is 3.06. The number of hydrogen-bond donors (Lipinski definition) is 1. The Hall–Kier alpha value is -3.15. The Labute approximate surface area is 139 Å². The van der Waals surface area contributed by atoms with Crippen molar-refractivity contribution >= 4 is 17.7 Å². The van der Waals surface area contributed by atoms with Gasteiger partial charge in [-0.05, 0) is 49.8 Å². The summed E-state index contributed by atoms with van der Waals surface area (Å²) in [6, 6.07) is 9.17. The monoisotopic (exact) mass is 323 g/mol. The molecule has 0 aliphatic carbocycles. The molecule has 0 fully saturated rings. The number of fused-ring (bicyclic) bond motifs is 1. The van der Waals surface area contributed by atoms with Gasteiger partial charge in [-0.25, -0.2) is 5.43 Å². The molecule has 0 saturated carbocycles. The van der Waals surface area contributed by atoms with Crippen molar-refractivity contribution in [3.05, 3.63) is 59.4 Å². The van der Waals surface area contributed by atoms with Gasteiger partial charge in [-0.3, -0.25) is 9.78 Å². The number of ether oxygens (including phenoxy) is 2. The summed E-state index contributed by atoms with van der Waals surface area (Å²) in [5.74, 6) is 1.18. The van der Waals surface area contributed by atoms with Gasteiger partial charge < -0.3 is 9.47 Å². The number of hydrazone groups is 1. The van der Waals surface area contributed by atoms with E-state index < -0.39 is 0 Å². The van der Waals surface area contributed by atoms with Crippen LogP contribution in [0.2, 0.25) is 0 Å². The smallest absolute Gasteiger partial charge is 0.272 e. The third-order valence-corrected chi connectivity index (χ3v) is 3.42. The molecule has 6 heteroatoms. The van der Waals surface area contributed by atoms with Crippen LogP contribution in [-0.4, -0.2) is 23.4 Å². The van der Waals surface area contributed by atoms with Crippen LogP contribution in [0.15, 0.2) is 47.7 Å². The number of aromatic nitrogens is 1. The zero-order valence-corrected chi connectivity index (χ0v) is 13.4. The number of carbonyl (C=O) groups is 1. The van der Waals surface area contributed by atoms with Crippen molar-refractivity contribution in [1.82, 2.24) is 10.4 Å². The first-order valence-corrected chi connectivity index (χ1v) is 7.47. The molecule has 6 nitrogen and oxygen atoms in total. The molecule has 1 aromatic carbocycles. The number of rotatable bonds is 4. The SMILES string of the molecule is CC(/C=C/c1ccc2c(c1)OCO2)=N\NC(=O)c1ccc(C)nc1. The molecule has 1 aromatic heterocycles. The number of amides is 1. The lowest BCUT2D eigenvalue weighted by Crippen LogP contribution is -2.18. The van der Waals surface area contributed by atoms with Gasteiger partial charge in [0.15, 0.2) is 11.5 Å². The highest BCUT2D eigenvalue weighted by atomic mass is 16.7. The zero-order chi connectivity index (χ0) is 16.9. The Morgan fingerprint density at radius 1 is 1.25 bits per heavy atom. The normalized spacial score (nSPS) is 13.3. The Morgan fingerprint density at radius 3 is 2.88 bits per heavy atom. The summed E-state index contributed by atoms with van der Waals surface area (Å²) in [6.07, 6.45) is 5.23. The van der Waals surface area contributed by atoms with E-state index in [0.29, 0.717) is 11.3 Å². The zero-order valence-electron chi connectivity index (χ0n) is 13.4. The van der Waals surface area contributed by atoms with Gasteiger partial charge in [-0.15, -0.1) is 0 Å². The summed E-state index contributed by atoms with van der Waals surface area (Å²) in [4.78, 5) is 16.0. The van der Waals surface area contributed by atoms with Gasteiger partial charge in [0.25, 0.3) is 5.91 Å². The fourth-order valence-corrected chi connectivity index (χ4v) is 2.08. The maximum Gasteiger partial charge on any atom is 0.272 e. The molecular formula is C18H17N3O3. The maximum atomic E-state index is 11.9. The van der Waals surface area contributed by atoms with Crippen LogP contribution in [0.1, 0.15) is 28.5 Å². The van der Waals surface area contributed by atoms with Crippen LogP contribution in [0.3, 0.4) is 0 Å². The average molecular weight is 323 g/mol. The van der Waals surface area contributed by atoms with Crippen molar-refractivity contribution in [2.75, 3.05) is 6.79 Å². The van der Waals surface area contributed by atoms with Gasteiger partial charge in [0.05, 0.1) is 11.3 Å². The number of hydrogen-bond acceptors (Lipinski definition) is 5. The van der Waals surface area contributed by atoms with Gasteiger partial charge in [-0.1, -0.05) is 12.1 Å². The summed E-state index contributed by atoms with van der Waals surface area (Å²) >= 11 is 0. The second-order valence-electron chi connectivity index (χ2n) is 5.33. The molecule has 0 saturated heterocycles. The molecular weight excluding hydrogens is 306 g/mol. The number of pyridine rings is 1. The van der Waals surface area contributed by atoms with E-state index in [9.17, 15) is 4.79 Å². The fraction of sp³-hybridized carbons (Fsp3) is 0.167. The topological polar surface area (TPSA) is 72.8 Å². The largest absolute Gasteiger partial charge is 0.454 e. The fourth-order valence-electron chi connectivity index (χ4n) is 2.08. The minimum atomic E-state index is -0.293. The molecule has 0 bridgehead atoms. The van der Waals surface area contributed by atoms with Crippen molar-refractivity contribution in [3.8, 4) is 11.5 Å². The molecule has 1 aliphatic heterocycles. The Morgan fingerprint density at radius 2 is 2.08 bits per heavy atom. The Kier molecular flexibility index (Phi) is 4.56. The first kappa shape index (κ1) is 15.7. The van der Waals surface area contributed by atoms with E-state index in [1.54, 1.807) is 19.1 Å². The molecule has 0 spiro atoms. The van der Waals surface area contributed by atoms with Crippen molar-refractivity contribution < 1.29 is 14.3 Å². The second-order valence-corrected chi connectivity index (χ2v) is 5.33. The second kappa shape index (κ2) is 6.95. The number of nitrogens with one attached hydrogen (secondary N) is 1. The number of carbonyl (C=O) groups excluding carboxylic acids is 1. The van der Waals surface area contributed by atoms with Crippen LogP contribution in [-0.2, 0) is 0 Å². The Balaban J connectivity index is 1.61. The number of aryl methyl sites for hydroxylation is 1. The van der Waals surface area contributed by atoms with E-state index in [0.717, 1.165) is 22.8 Å². The van der Waals surface area contributed by atoms with Crippen LogP contribution < -0.4 is 14.9 Å². The van der Waals surface area contributed by atoms with E-state index >= 15 is 0 Å². The lowest BCUT2D eigenvalue weighted by Gasteiger charge is -2.01. The van der Waals surface area contributed by atoms with Gasteiger partial charge in [0.1, 0.15) is 0 Å². The first-order valence-electron chi connectivity index (χ1n) is 7.47. The van der Waals surface area contributed by atoms with Crippen LogP contribution >= 0.6 is 0 Å². The molecule has 2 aromatic rings. The standard InChI is InChI=1S/C18H17N3O3/c1-12-4-7-15(10-19-12)18(22)21-20-13(2)3-5-14-6-8-16-17(9-14)24-11-23-16/h3-10H,11H2,1-2H3,(H,21,22)/b5-3+,20-13+. The molecule has 1 aliphatic rings. The minimum absolute atomic E-state index is 0.253. The highest BCUT2D eigenvalue weighted by Crippen LogP contribution is 2.32. The van der Waals surface area contributed by atoms with E-state index in [-0.39, 0.29) is 12.7 Å². The van der Waals surface area contributed by atoms with Crippen LogP contribution in [0.5, 0.6) is 11.5 Å². The van der Waals surface area contributed by atoms with E-state index in [1.165, 1.54) is 6.20 Å². The van der Waals surface area contributed by atoms with E-state index in [1.807, 2.05) is 37.3 Å². The third kappa shape index (κ3) is 3.78. The number of nitrogens with zero attached hydrogens (tertiary/aromatic N) is 2. The Bertz CT molecular complexity index is 811.